The van der Waals surface area contributed by atoms with Gasteiger partial charge >= 0.3 is 0 Å². The van der Waals surface area contributed by atoms with Gasteiger partial charge in [0.05, 0.1) is 13.2 Å². The molecular formula is C16H18N8O. The Morgan fingerprint density at radius 3 is 1.48 bits per heavy atom. The molecule has 0 aromatic heterocycles. The maximum atomic E-state index is 8.34. The minimum absolute atomic E-state index is 0.579. The summed E-state index contributed by atoms with van der Waals surface area (Å²) < 4.78 is 5.54. The molecule has 0 atom stereocenters. The fraction of sp³-hybridized carbons (Fsp3) is 0.250. The van der Waals surface area contributed by atoms with Crippen LogP contribution in [0, 0.1) is 0 Å². The van der Waals surface area contributed by atoms with Crippen molar-refractivity contribution in [2.24, 2.45) is 10.2 Å². The third-order valence-electron chi connectivity index (χ3n) is 3.21. The van der Waals surface area contributed by atoms with E-state index >= 15 is 0 Å². The Labute approximate surface area is 144 Å². The molecule has 0 amide bonds. The van der Waals surface area contributed by atoms with Crippen LogP contribution in [0.2, 0.25) is 0 Å². The van der Waals surface area contributed by atoms with Gasteiger partial charge in [0.25, 0.3) is 0 Å². The Morgan fingerprint density at radius 1 is 0.720 bits per heavy atom. The van der Waals surface area contributed by atoms with Gasteiger partial charge in [0, 0.05) is 45.7 Å². The van der Waals surface area contributed by atoms with E-state index in [0.29, 0.717) is 37.7 Å². The van der Waals surface area contributed by atoms with E-state index in [9.17, 15) is 0 Å². The van der Waals surface area contributed by atoms with E-state index in [-0.39, 0.29) is 0 Å². The number of rotatable bonds is 10. The van der Waals surface area contributed by atoms with Crippen LogP contribution in [0.25, 0.3) is 20.9 Å². The highest BCUT2D eigenvalue weighted by Crippen LogP contribution is 2.16. The second-order valence-electron chi connectivity index (χ2n) is 4.94. The number of azide groups is 2. The van der Waals surface area contributed by atoms with E-state index in [4.69, 9.17) is 15.8 Å². The smallest absolute Gasteiger partial charge is 0.0639 e. The first-order valence-electron chi connectivity index (χ1n) is 7.67. The van der Waals surface area contributed by atoms with Crippen molar-refractivity contribution in [1.29, 1.82) is 0 Å². The van der Waals surface area contributed by atoms with E-state index in [1.54, 1.807) is 24.3 Å². The molecule has 25 heavy (non-hydrogen) atoms. The SMILES string of the molecule is [N-]=[N+]=Nc1ccc(NCCOCCNc2ccc(N=[N+]=[N-])cc2)cc1. The maximum Gasteiger partial charge on any atom is 0.0639 e. The molecule has 0 bridgehead atoms. The average molecular weight is 338 g/mol. The van der Waals surface area contributed by atoms with Gasteiger partial charge in [-0.3, -0.25) is 0 Å². The third kappa shape index (κ3) is 6.72. The molecule has 0 spiro atoms. The molecular weight excluding hydrogens is 320 g/mol. The van der Waals surface area contributed by atoms with Gasteiger partial charge in [0.15, 0.2) is 0 Å². The normalized spacial score (nSPS) is 9.60. The Balaban J connectivity index is 1.57. The van der Waals surface area contributed by atoms with Crippen molar-refractivity contribution in [3.05, 3.63) is 69.4 Å². The fourth-order valence-corrected chi connectivity index (χ4v) is 2.03. The highest BCUT2D eigenvalue weighted by Gasteiger charge is 1.95. The zero-order valence-corrected chi connectivity index (χ0v) is 13.5. The van der Waals surface area contributed by atoms with E-state index in [1.165, 1.54) is 0 Å². The molecule has 0 radical (unpaired) electrons. The summed E-state index contributed by atoms with van der Waals surface area (Å²) >= 11 is 0. The topological polar surface area (TPSA) is 131 Å². The number of ether oxygens (including phenoxy) is 1. The summed E-state index contributed by atoms with van der Waals surface area (Å²) in [4.78, 5) is 5.47. The number of benzene rings is 2. The maximum absolute atomic E-state index is 8.34. The van der Waals surface area contributed by atoms with E-state index in [0.717, 1.165) is 11.4 Å². The summed E-state index contributed by atoms with van der Waals surface area (Å²) in [5.41, 5.74) is 19.7. The first-order valence-corrected chi connectivity index (χ1v) is 7.67. The largest absolute Gasteiger partial charge is 0.383 e. The first kappa shape index (κ1) is 18.0. The van der Waals surface area contributed by atoms with Crippen LogP contribution in [0.4, 0.5) is 22.7 Å². The highest BCUT2D eigenvalue weighted by molar-refractivity contribution is 5.51. The lowest BCUT2D eigenvalue weighted by atomic mass is 10.3. The molecule has 0 aliphatic heterocycles. The van der Waals surface area contributed by atoms with Crippen LogP contribution in [0.1, 0.15) is 0 Å². The van der Waals surface area contributed by atoms with Crippen molar-refractivity contribution in [2.75, 3.05) is 36.9 Å². The predicted octanol–water partition coefficient (Wildman–Crippen LogP) is 5.11. The van der Waals surface area contributed by atoms with E-state index < -0.39 is 0 Å². The van der Waals surface area contributed by atoms with E-state index in [2.05, 4.69) is 30.7 Å². The Hall–Kier alpha value is -3.38. The van der Waals surface area contributed by atoms with Gasteiger partial charge < -0.3 is 15.4 Å². The van der Waals surface area contributed by atoms with Crippen molar-refractivity contribution in [3.8, 4) is 0 Å². The monoisotopic (exact) mass is 338 g/mol. The Morgan fingerprint density at radius 2 is 1.12 bits per heavy atom. The van der Waals surface area contributed by atoms with Gasteiger partial charge in [-0.05, 0) is 35.3 Å². The molecule has 0 heterocycles. The molecule has 0 aliphatic carbocycles. The second kappa shape index (κ2) is 10.4. The molecule has 9 heteroatoms. The number of anilines is 2. The van der Waals surface area contributed by atoms with Gasteiger partial charge in [0.1, 0.15) is 0 Å². The van der Waals surface area contributed by atoms with Crippen molar-refractivity contribution < 1.29 is 4.74 Å². The van der Waals surface area contributed by atoms with Crippen molar-refractivity contribution in [1.82, 2.24) is 0 Å². The lowest BCUT2D eigenvalue weighted by Crippen LogP contribution is -2.14. The quantitative estimate of drug-likeness (QED) is 0.270. The molecule has 0 saturated carbocycles. The fourth-order valence-electron chi connectivity index (χ4n) is 2.03. The molecule has 0 saturated heterocycles. The molecule has 0 fully saturated rings. The van der Waals surface area contributed by atoms with Crippen molar-refractivity contribution >= 4 is 22.7 Å². The van der Waals surface area contributed by atoms with Gasteiger partial charge in [-0.1, -0.05) is 34.5 Å². The summed E-state index contributed by atoms with van der Waals surface area (Å²) in [6, 6.07) is 14.4. The summed E-state index contributed by atoms with van der Waals surface area (Å²) in [6.45, 7) is 2.52. The van der Waals surface area contributed by atoms with E-state index in [1.807, 2.05) is 24.3 Å². The van der Waals surface area contributed by atoms with Crippen LogP contribution < -0.4 is 10.6 Å². The number of nitrogens with one attached hydrogen (secondary N) is 2. The second-order valence-corrected chi connectivity index (χ2v) is 4.94. The molecule has 128 valence electrons. The summed E-state index contributed by atoms with van der Waals surface area (Å²) in [6.07, 6.45) is 0. The zero-order chi connectivity index (χ0) is 17.7. The minimum atomic E-state index is 0.579. The van der Waals surface area contributed by atoms with Crippen molar-refractivity contribution in [2.45, 2.75) is 0 Å². The van der Waals surface area contributed by atoms with Gasteiger partial charge in [-0.15, -0.1) is 0 Å². The first-order chi connectivity index (χ1) is 12.3. The Bertz CT molecular complexity index is 681. The van der Waals surface area contributed by atoms with Crippen LogP contribution in [-0.4, -0.2) is 26.3 Å². The van der Waals surface area contributed by atoms with Crippen LogP contribution in [0.15, 0.2) is 58.8 Å². The van der Waals surface area contributed by atoms with Crippen LogP contribution in [-0.2, 0) is 4.74 Å². The average Bonchev–Trinajstić information content (AvgIpc) is 2.64. The molecule has 2 aromatic rings. The third-order valence-corrected chi connectivity index (χ3v) is 3.21. The number of hydrogen-bond donors (Lipinski definition) is 2. The van der Waals surface area contributed by atoms with Crippen molar-refractivity contribution in [3.63, 3.8) is 0 Å². The molecule has 2 N–H and O–H groups in total. The standard InChI is InChI=1S/C16H18N8O/c17-23-21-15-5-1-13(2-6-15)19-9-11-25-12-10-20-14-3-7-16(8-4-14)22-24-18/h1-8,19-20H,9-12H2. The van der Waals surface area contributed by atoms with Crippen LogP contribution in [0.5, 0.6) is 0 Å². The van der Waals surface area contributed by atoms with Gasteiger partial charge in [-0.2, -0.15) is 0 Å². The van der Waals surface area contributed by atoms with Crippen LogP contribution >= 0.6 is 0 Å². The lowest BCUT2D eigenvalue weighted by Gasteiger charge is -2.09. The number of nitrogens with zero attached hydrogens (tertiary/aromatic N) is 6. The number of hydrogen-bond acceptors (Lipinski definition) is 5. The molecule has 0 unspecified atom stereocenters. The summed E-state index contributed by atoms with van der Waals surface area (Å²) in [5.74, 6) is 0. The molecule has 2 aromatic carbocycles. The lowest BCUT2D eigenvalue weighted by molar-refractivity contribution is 0.154. The Kier molecular flexibility index (Phi) is 7.48. The van der Waals surface area contributed by atoms with Gasteiger partial charge in [0.2, 0.25) is 0 Å². The highest BCUT2D eigenvalue weighted by atomic mass is 16.5. The summed E-state index contributed by atoms with van der Waals surface area (Å²) in [7, 11) is 0. The summed E-state index contributed by atoms with van der Waals surface area (Å²) in [5, 5.41) is 13.5. The zero-order valence-electron chi connectivity index (χ0n) is 13.5. The molecule has 9 nitrogen and oxygen atoms in total. The molecule has 2 rings (SSSR count). The predicted molar refractivity (Wildman–Crippen MR) is 98.3 cm³/mol. The van der Waals surface area contributed by atoms with Gasteiger partial charge in [-0.25, -0.2) is 0 Å². The van der Waals surface area contributed by atoms with Crippen LogP contribution in [0.3, 0.4) is 0 Å². The molecule has 0 aliphatic rings. The minimum Gasteiger partial charge on any atom is -0.383 e.